The summed E-state index contributed by atoms with van der Waals surface area (Å²) in [5, 5.41) is 7.19. The summed E-state index contributed by atoms with van der Waals surface area (Å²) in [6.45, 7) is 0.352. The third-order valence-corrected chi connectivity index (χ3v) is 5.01. The number of carbonyl (C=O) groups is 1. The average molecular weight is 341 g/mol. The molecule has 0 N–H and O–H groups in total. The van der Waals surface area contributed by atoms with E-state index in [9.17, 15) is 4.79 Å². The Morgan fingerprint density at radius 3 is 2.78 bits per heavy atom. The largest absolute Gasteiger partial charge is 0.486 e. The van der Waals surface area contributed by atoms with Gasteiger partial charge in [0.2, 0.25) is 4.96 Å². The van der Waals surface area contributed by atoms with E-state index in [2.05, 4.69) is 10.1 Å². The van der Waals surface area contributed by atoms with Crippen LogP contribution in [0.3, 0.4) is 0 Å². The molecule has 0 aliphatic carbocycles. The Bertz CT molecular complexity index is 943. The maximum Gasteiger partial charge on any atom is 0.213 e. The minimum Gasteiger partial charge on any atom is -0.486 e. The minimum absolute atomic E-state index is 0.352. The van der Waals surface area contributed by atoms with Gasteiger partial charge in [-0.05, 0) is 23.6 Å². The molecule has 114 valence electrons. The number of thiophene rings is 1. The number of carbonyl (C=O) groups excluding carboxylic acids is 1. The second kappa shape index (κ2) is 5.94. The highest BCUT2D eigenvalue weighted by Crippen LogP contribution is 2.29. The molecule has 0 fully saturated rings. The smallest absolute Gasteiger partial charge is 0.213 e. The van der Waals surface area contributed by atoms with Crippen molar-refractivity contribution in [1.29, 1.82) is 0 Å². The number of para-hydroxylation sites is 1. The number of aldehydes is 1. The van der Waals surface area contributed by atoms with Gasteiger partial charge in [0.25, 0.3) is 0 Å². The van der Waals surface area contributed by atoms with Crippen LogP contribution in [0, 0.1) is 0 Å². The Hall–Kier alpha value is -2.51. The zero-order chi connectivity index (χ0) is 15.6. The normalized spacial score (nSPS) is 11.0. The van der Waals surface area contributed by atoms with E-state index in [-0.39, 0.29) is 0 Å². The van der Waals surface area contributed by atoms with Crippen molar-refractivity contribution in [3.8, 4) is 16.3 Å². The van der Waals surface area contributed by atoms with Crippen LogP contribution in [0.25, 0.3) is 15.5 Å². The van der Waals surface area contributed by atoms with E-state index in [4.69, 9.17) is 4.74 Å². The van der Waals surface area contributed by atoms with Crippen LogP contribution in [-0.4, -0.2) is 20.9 Å². The van der Waals surface area contributed by atoms with Crippen LogP contribution in [-0.2, 0) is 6.61 Å². The van der Waals surface area contributed by atoms with Gasteiger partial charge in [0, 0.05) is 0 Å². The summed E-state index contributed by atoms with van der Waals surface area (Å²) in [6, 6.07) is 13.4. The lowest BCUT2D eigenvalue weighted by molar-refractivity contribution is 0.111. The van der Waals surface area contributed by atoms with Crippen molar-refractivity contribution in [2.75, 3.05) is 0 Å². The van der Waals surface area contributed by atoms with Gasteiger partial charge in [0.15, 0.2) is 11.3 Å². The molecular formula is C16H11N3O2S2. The lowest BCUT2D eigenvalue weighted by atomic mass is 10.3. The third kappa shape index (κ3) is 2.64. The Morgan fingerprint density at radius 1 is 1.17 bits per heavy atom. The maximum absolute atomic E-state index is 11.5. The first-order valence-electron chi connectivity index (χ1n) is 6.90. The summed E-state index contributed by atoms with van der Waals surface area (Å²) in [7, 11) is 0. The van der Waals surface area contributed by atoms with Gasteiger partial charge in [-0.1, -0.05) is 35.6 Å². The SMILES string of the molecule is O=Cc1c(-c2cccs2)nc2sc(COc3ccccc3)nn12. The molecule has 1 aromatic carbocycles. The van der Waals surface area contributed by atoms with E-state index in [0.29, 0.717) is 23.0 Å². The standard InChI is InChI=1S/C16H11N3O2S2/c20-9-12-15(13-7-4-8-22-13)17-16-19(12)18-14(23-16)10-21-11-5-2-1-3-6-11/h1-9H,10H2. The number of hydrogen-bond donors (Lipinski definition) is 0. The van der Waals surface area contributed by atoms with Crippen LogP contribution < -0.4 is 4.74 Å². The molecule has 7 heteroatoms. The van der Waals surface area contributed by atoms with Gasteiger partial charge in [-0.15, -0.1) is 11.3 Å². The molecule has 0 amide bonds. The summed E-state index contributed by atoms with van der Waals surface area (Å²) in [4.78, 5) is 17.7. The molecule has 0 atom stereocenters. The van der Waals surface area contributed by atoms with E-state index in [1.165, 1.54) is 11.3 Å². The zero-order valence-electron chi connectivity index (χ0n) is 11.9. The number of benzene rings is 1. The van der Waals surface area contributed by atoms with E-state index in [1.54, 1.807) is 15.9 Å². The highest BCUT2D eigenvalue weighted by molar-refractivity contribution is 7.16. The van der Waals surface area contributed by atoms with Gasteiger partial charge >= 0.3 is 0 Å². The fourth-order valence-corrected chi connectivity index (χ4v) is 3.76. The van der Waals surface area contributed by atoms with Crippen LogP contribution in [0.1, 0.15) is 15.5 Å². The molecule has 0 saturated carbocycles. The van der Waals surface area contributed by atoms with Gasteiger partial charge in [-0.25, -0.2) is 4.98 Å². The fraction of sp³-hybridized carbons (Fsp3) is 0.0625. The lowest BCUT2D eigenvalue weighted by Crippen LogP contribution is -1.98. The number of rotatable bonds is 5. The summed E-state index contributed by atoms with van der Waals surface area (Å²) >= 11 is 2.98. The van der Waals surface area contributed by atoms with E-state index >= 15 is 0 Å². The average Bonchev–Trinajstić information content (AvgIpc) is 3.29. The van der Waals surface area contributed by atoms with E-state index in [0.717, 1.165) is 21.9 Å². The molecule has 0 unspecified atom stereocenters. The second-order valence-electron chi connectivity index (χ2n) is 4.73. The molecule has 0 aliphatic heterocycles. The minimum atomic E-state index is 0.352. The molecule has 0 saturated heterocycles. The number of fused-ring (bicyclic) bond motifs is 1. The highest BCUT2D eigenvalue weighted by Gasteiger charge is 2.18. The molecule has 0 bridgehead atoms. The first-order valence-corrected chi connectivity index (χ1v) is 8.60. The molecule has 23 heavy (non-hydrogen) atoms. The van der Waals surface area contributed by atoms with Crippen molar-refractivity contribution in [2.24, 2.45) is 0 Å². The van der Waals surface area contributed by atoms with Crippen LogP contribution >= 0.6 is 22.7 Å². The van der Waals surface area contributed by atoms with Crippen molar-refractivity contribution < 1.29 is 9.53 Å². The van der Waals surface area contributed by atoms with Gasteiger partial charge < -0.3 is 4.74 Å². The second-order valence-corrected chi connectivity index (χ2v) is 6.72. The van der Waals surface area contributed by atoms with Crippen molar-refractivity contribution in [1.82, 2.24) is 14.6 Å². The molecule has 3 heterocycles. The first-order chi connectivity index (χ1) is 11.3. The summed E-state index contributed by atoms with van der Waals surface area (Å²) in [5.74, 6) is 0.787. The van der Waals surface area contributed by atoms with Gasteiger partial charge in [-0.2, -0.15) is 9.61 Å². The Labute approximate surface area is 139 Å². The molecule has 4 rings (SSSR count). The Kier molecular flexibility index (Phi) is 3.64. The van der Waals surface area contributed by atoms with E-state index < -0.39 is 0 Å². The quantitative estimate of drug-likeness (QED) is 0.516. The summed E-state index contributed by atoms with van der Waals surface area (Å²) < 4.78 is 7.28. The first kappa shape index (κ1) is 14.1. The van der Waals surface area contributed by atoms with Crippen molar-refractivity contribution >= 4 is 33.9 Å². The molecule has 4 aromatic rings. The van der Waals surface area contributed by atoms with Crippen molar-refractivity contribution in [3.63, 3.8) is 0 Å². The van der Waals surface area contributed by atoms with Crippen LogP contribution in [0.5, 0.6) is 5.75 Å². The number of imidazole rings is 1. The predicted octanol–water partition coefficient (Wildman–Crippen LogP) is 3.91. The van der Waals surface area contributed by atoms with Crippen LogP contribution in [0.2, 0.25) is 0 Å². The lowest BCUT2D eigenvalue weighted by Gasteiger charge is -2.02. The summed E-state index contributed by atoms with van der Waals surface area (Å²) in [5.41, 5.74) is 1.16. The Morgan fingerprint density at radius 2 is 2.04 bits per heavy atom. The molecular weight excluding hydrogens is 330 g/mol. The topological polar surface area (TPSA) is 56.5 Å². The fourth-order valence-electron chi connectivity index (χ4n) is 2.22. The third-order valence-electron chi connectivity index (χ3n) is 3.25. The summed E-state index contributed by atoms with van der Waals surface area (Å²) in [6.07, 6.45) is 0.802. The molecule has 0 aliphatic rings. The van der Waals surface area contributed by atoms with Crippen molar-refractivity contribution in [2.45, 2.75) is 6.61 Å². The molecule has 0 spiro atoms. The number of aromatic nitrogens is 3. The predicted molar refractivity (Wildman–Crippen MR) is 90.3 cm³/mol. The molecule has 5 nitrogen and oxygen atoms in total. The Balaban J connectivity index is 1.64. The monoisotopic (exact) mass is 341 g/mol. The number of nitrogens with zero attached hydrogens (tertiary/aromatic N) is 3. The molecule has 0 radical (unpaired) electrons. The molecule has 3 aromatic heterocycles. The zero-order valence-corrected chi connectivity index (χ0v) is 13.5. The van der Waals surface area contributed by atoms with Crippen molar-refractivity contribution in [3.05, 3.63) is 58.5 Å². The van der Waals surface area contributed by atoms with Gasteiger partial charge in [0.05, 0.1) is 4.88 Å². The highest BCUT2D eigenvalue weighted by atomic mass is 32.1. The van der Waals surface area contributed by atoms with Gasteiger partial charge in [-0.3, -0.25) is 4.79 Å². The van der Waals surface area contributed by atoms with Gasteiger partial charge in [0.1, 0.15) is 23.7 Å². The van der Waals surface area contributed by atoms with Crippen LogP contribution in [0.15, 0.2) is 47.8 Å². The number of hydrogen-bond acceptors (Lipinski definition) is 6. The maximum atomic E-state index is 11.5. The number of ether oxygens (including phenoxy) is 1. The van der Waals surface area contributed by atoms with Crippen LogP contribution in [0.4, 0.5) is 0 Å². The van der Waals surface area contributed by atoms with E-state index in [1.807, 2.05) is 47.8 Å².